The van der Waals surface area contributed by atoms with Gasteiger partial charge in [0.15, 0.2) is 5.78 Å². The molecule has 2 aliphatic rings. The zero-order chi connectivity index (χ0) is 32.8. The number of rotatable bonds is 11. The number of likely N-dealkylation sites (tertiary alicyclic amines) is 1. The Morgan fingerprint density at radius 3 is 2.74 bits per heavy atom. The third-order valence-corrected chi connectivity index (χ3v) is 8.83. The molecule has 3 aromatic heterocycles. The van der Waals surface area contributed by atoms with Crippen molar-refractivity contribution in [3.8, 4) is 11.3 Å². The Hall–Kier alpha value is -4.45. The minimum Gasteiger partial charge on any atom is -0.378 e. The van der Waals surface area contributed by atoms with Gasteiger partial charge in [-0.25, -0.2) is 9.97 Å². The number of likely N-dealkylation sites (N-methyl/N-ethyl adjacent to an activating group) is 1. The number of ether oxygens (including phenoxy) is 1. The topological polar surface area (TPSA) is 120 Å². The van der Waals surface area contributed by atoms with Gasteiger partial charge in [0.2, 0.25) is 5.91 Å². The molecule has 5 heterocycles. The number of ketones is 1. The molecule has 1 amide bonds. The maximum atomic E-state index is 13.4. The minimum absolute atomic E-state index is 0.00738. The molecule has 0 spiro atoms. The van der Waals surface area contributed by atoms with E-state index >= 15 is 0 Å². The summed E-state index contributed by atoms with van der Waals surface area (Å²) in [5, 5.41) is 4.13. The number of carbonyl (C=O) groups is 2. The molecule has 1 aromatic carbocycles. The van der Waals surface area contributed by atoms with Crippen molar-refractivity contribution >= 4 is 28.5 Å². The van der Waals surface area contributed by atoms with E-state index in [1.807, 2.05) is 50.2 Å². The molecule has 47 heavy (non-hydrogen) atoms. The number of morpholine rings is 1. The summed E-state index contributed by atoms with van der Waals surface area (Å²) in [6, 6.07) is 12.3. The Labute approximate surface area is 276 Å². The van der Waals surface area contributed by atoms with Crippen molar-refractivity contribution in [3.05, 3.63) is 83.5 Å². The fraction of sp³-hybridized carbons (Fsp3) is 0.417. The first-order valence-electron chi connectivity index (χ1n) is 16.4. The molecular formula is C36H44N8O3. The molecule has 2 N–H and O–H groups in total. The van der Waals surface area contributed by atoms with Crippen molar-refractivity contribution in [2.45, 2.75) is 38.8 Å². The maximum Gasteiger partial charge on any atom is 0.243 e. The van der Waals surface area contributed by atoms with Gasteiger partial charge in [-0.1, -0.05) is 18.2 Å². The third kappa shape index (κ3) is 8.29. The van der Waals surface area contributed by atoms with E-state index in [4.69, 9.17) is 4.74 Å². The molecule has 2 fully saturated rings. The van der Waals surface area contributed by atoms with Gasteiger partial charge in [-0.3, -0.25) is 19.5 Å². The van der Waals surface area contributed by atoms with E-state index in [-0.39, 0.29) is 24.2 Å². The summed E-state index contributed by atoms with van der Waals surface area (Å²) in [7, 11) is 3.95. The molecule has 1 unspecified atom stereocenters. The fourth-order valence-corrected chi connectivity index (χ4v) is 6.35. The van der Waals surface area contributed by atoms with Crippen molar-refractivity contribution in [1.29, 1.82) is 0 Å². The normalized spacial score (nSPS) is 17.5. The molecule has 11 heteroatoms. The molecule has 0 saturated carbocycles. The number of H-pyrrole nitrogens is 1. The lowest BCUT2D eigenvalue weighted by Gasteiger charge is -2.33. The number of hydrogen-bond acceptors (Lipinski definition) is 9. The number of aromatic nitrogens is 4. The van der Waals surface area contributed by atoms with Gasteiger partial charge in [0.05, 0.1) is 18.6 Å². The second-order valence-electron chi connectivity index (χ2n) is 12.8. The Balaban J connectivity index is 1.08. The Kier molecular flexibility index (Phi) is 10.4. The van der Waals surface area contributed by atoms with E-state index in [0.29, 0.717) is 25.5 Å². The molecule has 0 aliphatic carbocycles. The number of anilines is 1. The molecule has 4 aromatic rings. The van der Waals surface area contributed by atoms with E-state index in [2.05, 4.69) is 53.3 Å². The van der Waals surface area contributed by atoms with Gasteiger partial charge in [-0.15, -0.1) is 0 Å². The van der Waals surface area contributed by atoms with Gasteiger partial charge in [0.25, 0.3) is 0 Å². The lowest BCUT2D eigenvalue weighted by atomic mass is 9.98. The first kappa shape index (κ1) is 32.5. The number of amides is 1. The zero-order valence-corrected chi connectivity index (χ0v) is 27.5. The molecule has 11 nitrogen and oxygen atoms in total. The summed E-state index contributed by atoms with van der Waals surface area (Å²) in [5.41, 5.74) is 6.34. The molecule has 2 aliphatic heterocycles. The average molecular weight is 637 g/mol. The van der Waals surface area contributed by atoms with Crippen LogP contribution in [-0.2, 0) is 22.5 Å². The Morgan fingerprint density at radius 2 is 1.94 bits per heavy atom. The quantitative estimate of drug-likeness (QED) is 0.187. The van der Waals surface area contributed by atoms with Crippen LogP contribution >= 0.6 is 0 Å². The number of benzene rings is 1. The molecule has 0 radical (unpaired) electrons. The molecule has 6 rings (SSSR count). The number of fused-ring (bicyclic) bond motifs is 1. The number of nitrogens with zero attached hydrogens (tertiary/aromatic N) is 6. The van der Waals surface area contributed by atoms with E-state index < -0.39 is 0 Å². The SMILES string of the molecule is Cc1cc(-c2cc3c(N4CCOCC4)ncnc3[nH]2)ccc1CC(=O)c1cc(CN2CCCC(NC(=O)/C=C/CN(C)C)C2)ccn1. The highest BCUT2D eigenvalue weighted by molar-refractivity contribution is 5.96. The van der Waals surface area contributed by atoms with Crippen LogP contribution in [0.1, 0.15) is 40.0 Å². The second-order valence-corrected chi connectivity index (χ2v) is 12.8. The lowest BCUT2D eigenvalue weighted by Crippen LogP contribution is -2.47. The van der Waals surface area contributed by atoms with Crippen LogP contribution in [0.3, 0.4) is 0 Å². The number of hydrogen-bond donors (Lipinski definition) is 2. The van der Waals surface area contributed by atoms with Crippen LogP contribution in [0.2, 0.25) is 0 Å². The van der Waals surface area contributed by atoms with Crippen molar-refractivity contribution in [3.63, 3.8) is 0 Å². The summed E-state index contributed by atoms with van der Waals surface area (Å²) in [6.45, 7) is 8.22. The predicted molar refractivity (Wildman–Crippen MR) is 184 cm³/mol. The van der Waals surface area contributed by atoms with E-state index in [9.17, 15) is 9.59 Å². The summed E-state index contributed by atoms with van der Waals surface area (Å²) in [4.78, 5) is 49.3. The zero-order valence-electron chi connectivity index (χ0n) is 27.5. The van der Waals surface area contributed by atoms with Gasteiger partial charge in [0.1, 0.15) is 23.5 Å². The van der Waals surface area contributed by atoms with Gasteiger partial charge in [-0.05, 0) is 86.9 Å². The van der Waals surface area contributed by atoms with Crippen molar-refractivity contribution in [2.75, 3.05) is 64.9 Å². The summed E-state index contributed by atoms with van der Waals surface area (Å²) in [5.74, 6) is 0.865. The minimum atomic E-state index is -0.0487. The lowest BCUT2D eigenvalue weighted by molar-refractivity contribution is -0.117. The van der Waals surface area contributed by atoms with Crippen molar-refractivity contribution in [2.24, 2.45) is 0 Å². The van der Waals surface area contributed by atoms with Crippen LogP contribution in [0, 0.1) is 6.92 Å². The van der Waals surface area contributed by atoms with Crippen molar-refractivity contribution in [1.82, 2.24) is 35.1 Å². The van der Waals surface area contributed by atoms with Gasteiger partial charge in [-0.2, -0.15) is 0 Å². The molecule has 246 valence electrons. The van der Waals surface area contributed by atoms with E-state index in [1.165, 1.54) is 0 Å². The van der Waals surface area contributed by atoms with Crippen LogP contribution in [0.25, 0.3) is 22.3 Å². The van der Waals surface area contributed by atoms with Crippen LogP contribution in [0.4, 0.5) is 5.82 Å². The van der Waals surface area contributed by atoms with Crippen LogP contribution in [0.15, 0.2) is 61.1 Å². The summed E-state index contributed by atoms with van der Waals surface area (Å²) < 4.78 is 5.52. The highest BCUT2D eigenvalue weighted by atomic mass is 16.5. The maximum absolute atomic E-state index is 13.4. The number of piperidine rings is 1. The fourth-order valence-electron chi connectivity index (χ4n) is 6.35. The standard InChI is InChI=1S/C36H44N8O3/c1-25-18-28(31-21-30-35(41-31)38-24-39-36(30)44-14-16-47-17-15-44)9-8-27(25)20-33(45)32-19-26(10-11-37-32)22-43-13-4-6-29(23-43)40-34(46)7-5-12-42(2)3/h5,7-11,18-19,21,24,29H,4,6,12-17,20,22-23H2,1-3H3,(H,40,46)(H,38,39,41)/b7-5+. The number of aromatic amines is 1. The monoisotopic (exact) mass is 636 g/mol. The molecular weight excluding hydrogens is 592 g/mol. The first-order chi connectivity index (χ1) is 22.8. The molecule has 0 bridgehead atoms. The highest BCUT2D eigenvalue weighted by Gasteiger charge is 2.22. The Morgan fingerprint density at radius 1 is 1.09 bits per heavy atom. The van der Waals surface area contributed by atoms with Gasteiger partial charge >= 0.3 is 0 Å². The van der Waals surface area contributed by atoms with Crippen LogP contribution in [-0.4, -0.2) is 108 Å². The Bertz CT molecular complexity index is 1740. The second kappa shape index (κ2) is 15.0. The number of pyridine rings is 1. The van der Waals surface area contributed by atoms with Crippen LogP contribution < -0.4 is 10.2 Å². The van der Waals surface area contributed by atoms with Crippen molar-refractivity contribution < 1.29 is 14.3 Å². The van der Waals surface area contributed by atoms with Gasteiger partial charge in [0, 0.05) is 63.2 Å². The number of aryl methyl sites for hydroxylation is 1. The van der Waals surface area contributed by atoms with E-state index in [0.717, 1.165) is 90.4 Å². The number of nitrogens with one attached hydrogen (secondary N) is 2. The number of carbonyl (C=O) groups excluding carboxylic acids is 2. The van der Waals surface area contributed by atoms with E-state index in [1.54, 1.807) is 18.6 Å². The molecule has 1 atom stereocenters. The molecule has 2 saturated heterocycles. The third-order valence-electron chi connectivity index (χ3n) is 8.83. The van der Waals surface area contributed by atoms with Crippen LogP contribution in [0.5, 0.6) is 0 Å². The first-order valence-corrected chi connectivity index (χ1v) is 16.4. The summed E-state index contributed by atoms with van der Waals surface area (Å²) >= 11 is 0. The number of Topliss-reactive ketones (excluding diaryl/α,β-unsaturated/α-hetero) is 1. The smallest absolute Gasteiger partial charge is 0.243 e. The average Bonchev–Trinajstić information content (AvgIpc) is 3.51. The highest BCUT2D eigenvalue weighted by Crippen LogP contribution is 2.30. The predicted octanol–water partition coefficient (Wildman–Crippen LogP) is 3.79. The summed E-state index contributed by atoms with van der Waals surface area (Å²) in [6.07, 6.45) is 9.08. The van der Waals surface area contributed by atoms with Gasteiger partial charge < -0.3 is 24.8 Å². The largest absolute Gasteiger partial charge is 0.378 e.